The number of carbonyl (C=O) groups is 1. The Morgan fingerprint density at radius 1 is 1.09 bits per heavy atom. The quantitative estimate of drug-likeness (QED) is 0.581. The summed E-state index contributed by atoms with van der Waals surface area (Å²) < 4.78 is 20.7. The molecule has 0 spiro atoms. The summed E-state index contributed by atoms with van der Waals surface area (Å²) in [6.07, 6.45) is 1.61. The second-order valence-electron chi connectivity index (χ2n) is 6.45. The largest absolute Gasteiger partial charge is 0.506 e. The molecule has 1 aliphatic heterocycles. The fourth-order valence-electron chi connectivity index (χ4n) is 2.99. The molecule has 0 saturated heterocycles. The maximum Gasteiger partial charge on any atom is 0.344 e. The van der Waals surface area contributed by atoms with Crippen LogP contribution in [0.25, 0.3) is 6.08 Å². The van der Waals surface area contributed by atoms with E-state index in [2.05, 4.69) is 4.99 Å². The number of methoxy groups -OCH3 is 3. The van der Waals surface area contributed by atoms with Gasteiger partial charge in [-0.1, -0.05) is 17.8 Å². The van der Waals surface area contributed by atoms with Crippen molar-refractivity contribution in [3.05, 3.63) is 58.2 Å². The van der Waals surface area contributed by atoms with E-state index in [0.29, 0.717) is 27.7 Å². The summed E-state index contributed by atoms with van der Waals surface area (Å²) >= 11 is 1.11. The number of nitrogens with zero attached hydrogens (tertiary/aromatic N) is 1. The lowest BCUT2D eigenvalue weighted by Crippen LogP contribution is -2.12. The first kappa shape index (κ1) is 23.1. The molecule has 0 radical (unpaired) electrons. The SMILES string of the molecule is CCOC(=O)C1=C(O)C(=Cc2cc(O)c(OC)c(OC)c2)SC1=Nc1cccc(OC)c1. The first-order valence-electron chi connectivity index (χ1n) is 9.60. The highest BCUT2D eigenvalue weighted by Gasteiger charge is 2.33. The zero-order valence-corrected chi connectivity index (χ0v) is 18.9. The number of phenols is 1. The van der Waals surface area contributed by atoms with E-state index in [-0.39, 0.29) is 34.5 Å². The number of aliphatic imine (C=N–C) groups is 1. The fraction of sp³-hybridized carbons (Fsp3) is 0.217. The molecule has 0 aliphatic carbocycles. The summed E-state index contributed by atoms with van der Waals surface area (Å²) in [6, 6.07) is 10.1. The highest BCUT2D eigenvalue weighted by molar-refractivity contribution is 8.18. The van der Waals surface area contributed by atoms with Gasteiger partial charge in [0.15, 0.2) is 11.5 Å². The van der Waals surface area contributed by atoms with Gasteiger partial charge in [0, 0.05) is 6.07 Å². The van der Waals surface area contributed by atoms with Gasteiger partial charge in [-0.15, -0.1) is 0 Å². The number of phenolic OH excluding ortho intramolecular Hbond substituents is 1. The molecule has 32 heavy (non-hydrogen) atoms. The lowest BCUT2D eigenvalue weighted by Gasteiger charge is -2.10. The molecule has 2 N–H and O–H groups in total. The number of hydrogen-bond acceptors (Lipinski definition) is 9. The molecule has 3 rings (SSSR count). The monoisotopic (exact) mass is 457 g/mol. The molecule has 2 aromatic carbocycles. The number of ether oxygens (including phenoxy) is 4. The van der Waals surface area contributed by atoms with Crippen molar-refractivity contribution in [3.63, 3.8) is 0 Å². The molecule has 2 aromatic rings. The number of aromatic hydroxyl groups is 1. The van der Waals surface area contributed by atoms with Crippen molar-refractivity contribution in [2.75, 3.05) is 27.9 Å². The average molecular weight is 458 g/mol. The van der Waals surface area contributed by atoms with Crippen LogP contribution in [0, 0.1) is 0 Å². The first-order valence-corrected chi connectivity index (χ1v) is 10.4. The van der Waals surface area contributed by atoms with Gasteiger partial charge in [-0.05, 0) is 42.8 Å². The van der Waals surface area contributed by atoms with Gasteiger partial charge < -0.3 is 29.2 Å². The Hall–Kier alpha value is -3.59. The van der Waals surface area contributed by atoms with Crippen LogP contribution in [0.5, 0.6) is 23.0 Å². The summed E-state index contributed by atoms with van der Waals surface area (Å²) in [5.74, 6) is 0.0584. The van der Waals surface area contributed by atoms with E-state index in [1.807, 2.05) is 0 Å². The summed E-state index contributed by atoms with van der Waals surface area (Å²) in [5.41, 5.74) is 1.04. The Balaban J connectivity index is 2.07. The summed E-state index contributed by atoms with van der Waals surface area (Å²) in [6.45, 7) is 1.83. The standard InChI is InChI=1S/C23H23NO7S/c1-5-31-23(27)19-20(26)18(11-13-9-16(25)21(30-4)17(10-13)29-3)32-22(19)24-14-7-6-8-15(12-14)28-2/h6-12,25-26H,5H2,1-4H3. The predicted molar refractivity (Wildman–Crippen MR) is 123 cm³/mol. The molecular weight excluding hydrogens is 434 g/mol. The Bertz CT molecular complexity index is 1120. The lowest BCUT2D eigenvalue weighted by molar-refractivity contribution is -0.138. The predicted octanol–water partition coefficient (Wildman–Crippen LogP) is 4.61. The maximum atomic E-state index is 12.6. The van der Waals surface area contributed by atoms with Crippen LogP contribution in [0.3, 0.4) is 0 Å². The van der Waals surface area contributed by atoms with Gasteiger partial charge in [0.1, 0.15) is 22.1 Å². The fourth-order valence-corrected chi connectivity index (χ4v) is 4.02. The number of benzene rings is 2. The Morgan fingerprint density at radius 3 is 2.53 bits per heavy atom. The average Bonchev–Trinajstić information content (AvgIpc) is 3.08. The third kappa shape index (κ3) is 4.83. The minimum atomic E-state index is -0.683. The minimum Gasteiger partial charge on any atom is -0.506 e. The number of hydrogen-bond donors (Lipinski definition) is 2. The van der Waals surface area contributed by atoms with Gasteiger partial charge >= 0.3 is 5.97 Å². The van der Waals surface area contributed by atoms with E-state index in [9.17, 15) is 15.0 Å². The Labute approximate surface area is 189 Å². The molecule has 8 nitrogen and oxygen atoms in total. The Kier molecular flexibility index (Phi) is 7.32. The lowest BCUT2D eigenvalue weighted by atomic mass is 10.1. The molecule has 168 valence electrons. The number of aliphatic hydroxyl groups excluding tert-OH is 1. The molecule has 1 aliphatic rings. The molecular formula is C23H23NO7S. The number of aliphatic hydroxyl groups is 1. The van der Waals surface area contributed by atoms with E-state index in [0.717, 1.165) is 11.8 Å². The van der Waals surface area contributed by atoms with Crippen LogP contribution in [0.15, 0.2) is 57.6 Å². The van der Waals surface area contributed by atoms with Crippen LogP contribution in [-0.2, 0) is 9.53 Å². The molecule has 0 aromatic heterocycles. The molecule has 1 heterocycles. The van der Waals surface area contributed by atoms with E-state index in [1.54, 1.807) is 50.4 Å². The number of rotatable bonds is 7. The summed E-state index contributed by atoms with van der Waals surface area (Å²) in [5, 5.41) is 21.3. The van der Waals surface area contributed by atoms with E-state index in [4.69, 9.17) is 18.9 Å². The zero-order valence-electron chi connectivity index (χ0n) is 18.0. The molecule has 0 fully saturated rings. The highest BCUT2D eigenvalue weighted by Crippen LogP contribution is 2.43. The Morgan fingerprint density at radius 2 is 1.88 bits per heavy atom. The first-order chi connectivity index (χ1) is 15.4. The van der Waals surface area contributed by atoms with Gasteiger partial charge in [0.05, 0.1) is 38.5 Å². The summed E-state index contributed by atoms with van der Waals surface area (Å²) in [4.78, 5) is 17.4. The zero-order chi connectivity index (χ0) is 23.3. The van der Waals surface area contributed by atoms with Gasteiger partial charge in [0.2, 0.25) is 5.75 Å². The van der Waals surface area contributed by atoms with E-state index >= 15 is 0 Å². The van der Waals surface area contributed by atoms with Gasteiger partial charge in [-0.3, -0.25) is 0 Å². The maximum absolute atomic E-state index is 12.6. The van der Waals surface area contributed by atoms with Gasteiger partial charge in [-0.2, -0.15) is 0 Å². The van der Waals surface area contributed by atoms with E-state index in [1.165, 1.54) is 20.3 Å². The molecule has 0 unspecified atom stereocenters. The van der Waals surface area contributed by atoms with E-state index < -0.39 is 5.97 Å². The molecule has 0 amide bonds. The third-order valence-corrected chi connectivity index (χ3v) is 5.45. The topological polar surface area (TPSA) is 107 Å². The van der Waals surface area contributed by atoms with Crippen LogP contribution in [0.4, 0.5) is 5.69 Å². The van der Waals surface area contributed by atoms with Crippen LogP contribution >= 0.6 is 11.8 Å². The minimum absolute atomic E-state index is 0.0318. The number of carbonyl (C=O) groups excluding carboxylic acids is 1. The van der Waals surface area contributed by atoms with Crippen molar-refractivity contribution in [2.24, 2.45) is 4.99 Å². The van der Waals surface area contributed by atoms with Crippen LogP contribution in [0.2, 0.25) is 0 Å². The number of thioether (sulfide) groups is 1. The third-order valence-electron chi connectivity index (χ3n) is 4.43. The molecule has 0 saturated carbocycles. The van der Waals surface area contributed by atoms with Gasteiger partial charge in [-0.25, -0.2) is 9.79 Å². The van der Waals surface area contributed by atoms with Crippen LogP contribution in [0.1, 0.15) is 12.5 Å². The smallest absolute Gasteiger partial charge is 0.344 e. The van der Waals surface area contributed by atoms with Crippen molar-refractivity contribution >= 4 is 34.5 Å². The number of esters is 1. The van der Waals surface area contributed by atoms with Crippen LogP contribution < -0.4 is 14.2 Å². The van der Waals surface area contributed by atoms with Gasteiger partial charge in [0.25, 0.3) is 0 Å². The molecule has 9 heteroatoms. The molecule has 0 bridgehead atoms. The second-order valence-corrected chi connectivity index (χ2v) is 7.48. The second kappa shape index (κ2) is 10.1. The van der Waals surface area contributed by atoms with Crippen LogP contribution in [-0.4, -0.2) is 49.2 Å². The highest BCUT2D eigenvalue weighted by atomic mass is 32.2. The van der Waals surface area contributed by atoms with Crippen molar-refractivity contribution in [2.45, 2.75) is 6.92 Å². The van der Waals surface area contributed by atoms with Crippen molar-refractivity contribution in [1.82, 2.24) is 0 Å². The molecule has 0 atom stereocenters. The summed E-state index contributed by atoms with van der Waals surface area (Å²) in [7, 11) is 4.42. The van der Waals surface area contributed by atoms with Crippen molar-refractivity contribution < 1.29 is 34.0 Å². The normalized spacial score (nSPS) is 15.9. The van der Waals surface area contributed by atoms with Crippen molar-refractivity contribution in [1.29, 1.82) is 0 Å². The van der Waals surface area contributed by atoms with Crippen molar-refractivity contribution in [3.8, 4) is 23.0 Å².